The van der Waals surface area contributed by atoms with Crippen LogP contribution in [0, 0.1) is 12.8 Å². The number of hydrogen-bond donors (Lipinski definition) is 2. The number of aromatic nitrogens is 3. The topological polar surface area (TPSA) is 79.9 Å². The number of pyridine rings is 1. The lowest BCUT2D eigenvalue weighted by Gasteiger charge is -2.28. The van der Waals surface area contributed by atoms with E-state index in [1.165, 1.54) is 16.8 Å². The molecule has 162 valence electrons. The van der Waals surface area contributed by atoms with E-state index >= 15 is 0 Å². The minimum absolute atomic E-state index is 0.00453. The zero-order valence-corrected chi connectivity index (χ0v) is 18.2. The molecule has 0 bridgehead atoms. The molecule has 1 fully saturated rings. The summed E-state index contributed by atoms with van der Waals surface area (Å²) < 4.78 is 5.12. The molecule has 6 heteroatoms. The zero-order valence-electron chi connectivity index (χ0n) is 18.2. The number of nitrogens with one attached hydrogen (secondary N) is 2. The number of aryl methyl sites for hydroxylation is 1. The average Bonchev–Trinajstić information content (AvgIpc) is 3.28. The van der Waals surface area contributed by atoms with Gasteiger partial charge in [-0.05, 0) is 73.4 Å². The van der Waals surface area contributed by atoms with E-state index in [1.807, 2.05) is 42.9 Å². The fraction of sp³-hybridized carbons (Fsp3) is 0.400. The molecule has 6 nitrogen and oxygen atoms in total. The molecule has 2 aromatic heterocycles. The lowest BCUT2D eigenvalue weighted by molar-refractivity contribution is 0.0942. The Morgan fingerprint density at radius 3 is 2.58 bits per heavy atom. The molecule has 3 aromatic rings. The third-order valence-electron chi connectivity index (χ3n) is 6.31. The number of carbonyl (C=O) groups is 1. The number of rotatable bonds is 7. The first-order valence-electron chi connectivity index (χ1n) is 11.0. The molecule has 0 unspecified atom stereocenters. The van der Waals surface area contributed by atoms with Gasteiger partial charge >= 0.3 is 0 Å². The van der Waals surface area contributed by atoms with Crippen molar-refractivity contribution in [2.24, 2.45) is 5.92 Å². The van der Waals surface area contributed by atoms with E-state index in [9.17, 15) is 4.79 Å². The molecule has 1 aromatic carbocycles. The SMILES string of the molecule is COCc1ccc(C(=O)NCC2CCC(c3[nH]ncc3-c3ccncc3C)CC2)cc1. The standard InChI is InChI=1S/C25H30N4O2/c1-17-13-26-12-11-22(17)23-15-28-29-24(23)20-7-3-18(4-8-20)14-27-25(30)21-9-5-19(6-10-21)16-31-2/h5-6,9-13,15,18,20H,3-4,7-8,14,16H2,1-2H3,(H,27,30)(H,28,29). The highest BCUT2D eigenvalue weighted by Gasteiger charge is 2.26. The molecule has 0 saturated heterocycles. The van der Waals surface area contributed by atoms with E-state index in [0.717, 1.165) is 43.4 Å². The Hall–Kier alpha value is -2.99. The van der Waals surface area contributed by atoms with Crippen molar-refractivity contribution in [1.82, 2.24) is 20.5 Å². The van der Waals surface area contributed by atoms with Gasteiger partial charge in [0.1, 0.15) is 0 Å². The first-order valence-corrected chi connectivity index (χ1v) is 11.0. The van der Waals surface area contributed by atoms with Gasteiger partial charge in [-0.25, -0.2) is 0 Å². The number of aromatic amines is 1. The maximum absolute atomic E-state index is 12.5. The third-order valence-corrected chi connectivity index (χ3v) is 6.31. The number of ether oxygens (including phenoxy) is 1. The fourth-order valence-corrected chi connectivity index (χ4v) is 4.51. The Morgan fingerprint density at radius 1 is 1.10 bits per heavy atom. The molecule has 4 rings (SSSR count). The van der Waals surface area contributed by atoms with Crippen LogP contribution in [0.3, 0.4) is 0 Å². The number of carbonyl (C=O) groups excluding carboxylic acids is 1. The Labute approximate surface area is 183 Å². The van der Waals surface area contributed by atoms with Gasteiger partial charge in [-0.15, -0.1) is 0 Å². The molecular formula is C25H30N4O2. The second-order valence-corrected chi connectivity index (χ2v) is 8.45. The minimum atomic E-state index is -0.00453. The zero-order chi connectivity index (χ0) is 21.6. The van der Waals surface area contributed by atoms with Gasteiger partial charge in [-0.3, -0.25) is 14.9 Å². The van der Waals surface area contributed by atoms with E-state index in [-0.39, 0.29) is 5.91 Å². The molecule has 1 aliphatic carbocycles. The highest BCUT2D eigenvalue weighted by atomic mass is 16.5. The van der Waals surface area contributed by atoms with E-state index in [2.05, 4.69) is 33.5 Å². The first kappa shape index (κ1) is 21.2. The lowest BCUT2D eigenvalue weighted by Crippen LogP contribution is -2.31. The van der Waals surface area contributed by atoms with Crippen LogP contribution in [0.5, 0.6) is 0 Å². The largest absolute Gasteiger partial charge is 0.380 e. The summed E-state index contributed by atoms with van der Waals surface area (Å²) >= 11 is 0. The summed E-state index contributed by atoms with van der Waals surface area (Å²) in [7, 11) is 1.67. The van der Waals surface area contributed by atoms with Crippen LogP contribution in [0.4, 0.5) is 0 Å². The summed E-state index contributed by atoms with van der Waals surface area (Å²) in [6.07, 6.45) is 10.1. The van der Waals surface area contributed by atoms with Crippen LogP contribution in [0.1, 0.15) is 58.8 Å². The fourth-order valence-electron chi connectivity index (χ4n) is 4.51. The average molecular weight is 419 g/mol. The van der Waals surface area contributed by atoms with Crippen molar-refractivity contribution in [3.8, 4) is 11.1 Å². The molecule has 2 N–H and O–H groups in total. The number of H-pyrrole nitrogens is 1. The van der Waals surface area contributed by atoms with Crippen molar-refractivity contribution in [3.05, 3.63) is 71.3 Å². The van der Waals surface area contributed by atoms with Crippen molar-refractivity contribution < 1.29 is 9.53 Å². The van der Waals surface area contributed by atoms with Crippen LogP contribution in [-0.2, 0) is 11.3 Å². The van der Waals surface area contributed by atoms with Gasteiger partial charge in [-0.1, -0.05) is 12.1 Å². The van der Waals surface area contributed by atoms with Gasteiger partial charge in [0.05, 0.1) is 12.8 Å². The predicted molar refractivity (Wildman–Crippen MR) is 121 cm³/mol. The van der Waals surface area contributed by atoms with Gasteiger partial charge in [0.15, 0.2) is 0 Å². The second-order valence-electron chi connectivity index (χ2n) is 8.45. The van der Waals surface area contributed by atoms with Crippen LogP contribution in [0.2, 0.25) is 0 Å². The molecule has 0 radical (unpaired) electrons. The molecule has 0 atom stereocenters. The Bertz CT molecular complexity index is 1000. The van der Waals surface area contributed by atoms with Crippen molar-refractivity contribution in [2.45, 2.75) is 45.1 Å². The van der Waals surface area contributed by atoms with Gasteiger partial charge in [0.2, 0.25) is 0 Å². The maximum atomic E-state index is 12.5. The summed E-state index contributed by atoms with van der Waals surface area (Å²) in [5.41, 5.74) is 6.55. The molecule has 1 saturated carbocycles. The number of hydrogen-bond acceptors (Lipinski definition) is 4. The molecule has 2 heterocycles. The van der Waals surface area contributed by atoms with E-state index < -0.39 is 0 Å². The molecule has 31 heavy (non-hydrogen) atoms. The van der Waals surface area contributed by atoms with Crippen LogP contribution in [0.15, 0.2) is 48.9 Å². The molecule has 0 aliphatic heterocycles. The number of nitrogens with zero attached hydrogens (tertiary/aromatic N) is 2. The highest BCUT2D eigenvalue weighted by Crippen LogP contribution is 2.39. The maximum Gasteiger partial charge on any atom is 0.251 e. The van der Waals surface area contributed by atoms with E-state index in [1.54, 1.807) is 7.11 Å². The molecule has 1 amide bonds. The lowest BCUT2D eigenvalue weighted by atomic mass is 9.79. The molecular weight excluding hydrogens is 388 g/mol. The van der Waals surface area contributed by atoms with Crippen molar-refractivity contribution in [2.75, 3.05) is 13.7 Å². The van der Waals surface area contributed by atoms with Gasteiger partial charge in [0.25, 0.3) is 5.91 Å². The van der Waals surface area contributed by atoms with E-state index in [0.29, 0.717) is 24.0 Å². The molecule has 1 aliphatic rings. The number of benzene rings is 1. The summed E-state index contributed by atoms with van der Waals surface area (Å²) in [6, 6.07) is 9.67. The summed E-state index contributed by atoms with van der Waals surface area (Å²) in [6.45, 7) is 3.37. The summed E-state index contributed by atoms with van der Waals surface area (Å²) in [4.78, 5) is 16.7. The Kier molecular flexibility index (Phi) is 6.77. The van der Waals surface area contributed by atoms with Gasteiger partial charge in [0, 0.05) is 48.8 Å². The van der Waals surface area contributed by atoms with Crippen LogP contribution in [0.25, 0.3) is 11.1 Å². The molecule has 0 spiro atoms. The predicted octanol–water partition coefficient (Wildman–Crippen LogP) is 4.63. The summed E-state index contributed by atoms with van der Waals surface area (Å²) in [5, 5.41) is 10.7. The Morgan fingerprint density at radius 2 is 1.87 bits per heavy atom. The first-order chi connectivity index (χ1) is 15.2. The van der Waals surface area contributed by atoms with Crippen LogP contribution >= 0.6 is 0 Å². The van der Waals surface area contributed by atoms with Crippen molar-refractivity contribution in [1.29, 1.82) is 0 Å². The van der Waals surface area contributed by atoms with Gasteiger partial charge in [-0.2, -0.15) is 5.10 Å². The smallest absolute Gasteiger partial charge is 0.251 e. The highest BCUT2D eigenvalue weighted by molar-refractivity contribution is 5.94. The number of methoxy groups -OCH3 is 1. The second kappa shape index (κ2) is 9.88. The minimum Gasteiger partial charge on any atom is -0.380 e. The summed E-state index contributed by atoms with van der Waals surface area (Å²) in [5.74, 6) is 0.988. The normalized spacial score (nSPS) is 18.6. The van der Waals surface area contributed by atoms with Crippen molar-refractivity contribution >= 4 is 5.91 Å². The third kappa shape index (κ3) is 5.02. The number of amides is 1. The van der Waals surface area contributed by atoms with Crippen LogP contribution in [-0.4, -0.2) is 34.7 Å². The Balaban J connectivity index is 1.30. The quantitative estimate of drug-likeness (QED) is 0.586. The van der Waals surface area contributed by atoms with E-state index in [4.69, 9.17) is 4.74 Å². The van der Waals surface area contributed by atoms with Crippen molar-refractivity contribution in [3.63, 3.8) is 0 Å². The van der Waals surface area contributed by atoms with Crippen LogP contribution < -0.4 is 5.32 Å². The monoisotopic (exact) mass is 418 g/mol. The van der Waals surface area contributed by atoms with Gasteiger partial charge < -0.3 is 10.1 Å².